The Labute approximate surface area is 157 Å². The van der Waals surface area contributed by atoms with Crippen LogP contribution in [0.3, 0.4) is 0 Å². The lowest BCUT2D eigenvalue weighted by Gasteiger charge is -2.23. The van der Waals surface area contributed by atoms with Crippen LogP contribution in [0.25, 0.3) is 11.3 Å². The first-order chi connectivity index (χ1) is 13.1. The number of anilines is 1. The molecule has 27 heavy (non-hydrogen) atoms. The average Bonchev–Trinajstić information content (AvgIpc) is 3.30. The summed E-state index contributed by atoms with van der Waals surface area (Å²) in [6.07, 6.45) is 3.55. The maximum atomic E-state index is 12.8. The van der Waals surface area contributed by atoms with Crippen LogP contribution in [0.4, 0.5) is 10.5 Å². The molecule has 138 valence electrons. The Bertz CT molecular complexity index is 968. The quantitative estimate of drug-likeness (QED) is 0.757. The van der Waals surface area contributed by atoms with E-state index in [0.29, 0.717) is 12.4 Å². The number of likely N-dealkylation sites (tertiary alicyclic amines) is 1. The zero-order valence-corrected chi connectivity index (χ0v) is 15.3. The SMILES string of the molecule is Cc1cc(C2CCCN2C(=O)Nc2cccc(-c3ccnc(C)n3)c2)on1. The molecule has 1 saturated heterocycles. The molecule has 1 aliphatic rings. The smallest absolute Gasteiger partial charge is 0.322 e. The minimum atomic E-state index is -0.137. The molecule has 0 radical (unpaired) electrons. The van der Waals surface area contributed by atoms with Gasteiger partial charge in [0.1, 0.15) is 5.82 Å². The van der Waals surface area contributed by atoms with Gasteiger partial charge >= 0.3 is 6.03 Å². The molecule has 7 nitrogen and oxygen atoms in total. The fourth-order valence-electron chi connectivity index (χ4n) is 3.41. The molecule has 0 saturated carbocycles. The predicted octanol–water partition coefficient (Wildman–Crippen LogP) is 4.12. The molecule has 3 aromatic rings. The second-order valence-corrected chi connectivity index (χ2v) is 6.72. The Balaban J connectivity index is 1.52. The molecule has 1 aromatic carbocycles. The van der Waals surface area contributed by atoms with E-state index >= 15 is 0 Å². The Morgan fingerprint density at radius 2 is 2.15 bits per heavy atom. The van der Waals surface area contributed by atoms with Gasteiger partial charge in [0.2, 0.25) is 0 Å². The highest BCUT2D eigenvalue weighted by atomic mass is 16.5. The minimum Gasteiger partial charge on any atom is -0.359 e. The molecular formula is C20H21N5O2. The molecule has 3 heterocycles. The van der Waals surface area contributed by atoms with Crippen molar-refractivity contribution in [1.82, 2.24) is 20.0 Å². The van der Waals surface area contributed by atoms with Gasteiger partial charge in [0, 0.05) is 30.1 Å². The van der Waals surface area contributed by atoms with Gasteiger partial charge in [-0.05, 0) is 44.9 Å². The molecule has 1 aliphatic heterocycles. The lowest BCUT2D eigenvalue weighted by Crippen LogP contribution is -2.34. The Morgan fingerprint density at radius 3 is 2.93 bits per heavy atom. The summed E-state index contributed by atoms with van der Waals surface area (Å²) in [6, 6.07) is 11.2. The first kappa shape index (κ1) is 17.2. The van der Waals surface area contributed by atoms with Crippen LogP contribution < -0.4 is 5.32 Å². The molecule has 1 unspecified atom stereocenters. The summed E-state index contributed by atoms with van der Waals surface area (Å²) in [4.78, 5) is 23.2. The summed E-state index contributed by atoms with van der Waals surface area (Å²) in [5.74, 6) is 1.45. The molecule has 1 fully saturated rings. The van der Waals surface area contributed by atoms with Gasteiger partial charge in [0.15, 0.2) is 5.76 Å². The molecular weight excluding hydrogens is 342 g/mol. The first-order valence-corrected chi connectivity index (χ1v) is 9.01. The Morgan fingerprint density at radius 1 is 1.26 bits per heavy atom. The van der Waals surface area contributed by atoms with Crippen LogP contribution in [0, 0.1) is 13.8 Å². The van der Waals surface area contributed by atoms with E-state index in [1.165, 1.54) is 0 Å². The number of benzene rings is 1. The lowest BCUT2D eigenvalue weighted by molar-refractivity contribution is 0.195. The third-order valence-electron chi connectivity index (χ3n) is 4.67. The molecule has 1 N–H and O–H groups in total. The number of nitrogens with zero attached hydrogens (tertiary/aromatic N) is 4. The third-order valence-corrected chi connectivity index (χ3v) is 4.67. The third kappa shape index (κ3) is 3.67. The van der Waals surface area contributed by atoms with Crippen LogP contribution in [0.15, 0.2) is 47.1 Å². The van der Waals surface area contributed by atoms with Crippen LogP contribution in [0.1, 0.15) is 36.2 Å². The Kier molecular flexibility index (Phi) is 4.58. The molecule has 0 aliphatic carbocycles. The zero-order valence-electron chi connectivity index (χ0n) is 15.3. The summed E-state index contributed by atoms with van der Waals surface area (Å²) in [5.41, 5.74) is 3.31. The van der Waals surface area contributed by atoms with Gasteiger partial charge in [0.25, 0.3) is 0 Å². The van der Waals surface area contributed by atoms with Crippen molar-refractivity contribution in [3.05, 3.63) is 59.9 Å². The highest BCUT2D eigenvalue weighted by Gasteiger charge is 2.32. The number of urea groups is 1. The number of rotatable bonds is 3. The van der Waals surface area contributed by atoms with Crippen LogP contribution in [-0.2, 0) is 0 Å². The second kappa shape index (κ2) is 7.19. The summed E-state index contributed by atoms with van der Waals surface area (Å²) in [7, 11) is 0. The van der Waals surface area contributed by atoms with E-state index < -0.39 is 0 Å². The van der Waals surface area contributed by atoms with Gasteiger partial charge in [-0.1, -0.05) is 17.3 Å². The van der Waals surface area contributed by atoms with Crippen LogP contribution in [0.5, 0.6) is 0 Å². The lowest BCUT2D eigenvalue weighted by atomic mass is 10.1. The Hall–Kier alpha value is -3.22. The van der Waals surface area contributed by atoms with E-state index in [4.69, 9.17) is 4.52 Å². The van der Waals surface area contributed by atoms with Crippen molar-refractivity contribution in [2.75, 3.05) is 11.9 Å². The maximum absolute atomic E-state index is 12.8. The predicted molar refractivity (Wildman–Crippen MR) is 101 cm³/mol. The van der Waals surface area contributed by atoms with Crippen molar-refractivity contribution in [2.45, 2.75) is 32.7 Å². The minimum absolute atomic E-state index is 0.0705. The number of carbonyl (C=O) groups excluding carboxylic acids is 1. The monoisotopic (exact) mass is 363 g/mol. The normalized spacial score (nSPS) is 16.5. The highest BCUT2D eigenvalue weighted by Crippen LogP contribution is 2.33. The summed E-state index contributed by atoms with van der Waals surface area (Å²) in [5, 5.41) is 6.94. The highest BCUT2D eigenvalue weighted by molar-refractivity contribution is 5.90. The van der Waals surface area contributed by atoms with E-state index in [0.717, 1.165) is 41.2 Å². The number of amides is 2. The standard InChI is InChI=1S/C20H21N5O2/c1-13-11-19(27-24-13)18-7-4-10-25(18)20(26)23-16-6-3-5-15(12-16)17-8-9-21-14(2)22-17/h3,5-6,8-9,11-12,18H,4,7,10H2,1-2H3,(H,23,26). The van der Waals surface area contributed by atoms with E-state index in [-0.39, 0.29) is 12.1 Å². The number of hydrogen-bond acceptors (Lipinski definition) is 5. The summed E-state index contributed by atoms with van der Waals surface area (Å²) in [6.45, 7) is 4.43. The van der Waals surface area contributed by atoms with E-state index in [9.17, 15) is 4.79 Å². The molecule has 0 bridgehead atoms. The molecule has 2 amide bonds. The van der Waals surface area contributed by atoms with Gasteiger partial charge in [0.05, 0.1) is 17.4 Å². The van der Waals surface area contributed by atoms with Crippen molar-refractivity contribution in [2.24, 2.45) is 0 Å². The van der Waals surface area contributed by atoms with Crippen molar-refractivity contribution in [1.29, 1.82) is 0 Å². The largest absolute Gasteiger partial charge is 0.359 e. The van der Waals surface area contributed by atoms with Gasteiger partial charge in [-0.2, -0.15) is 0 Å². The van der Waals surface area contributed by atoms with Crippen molar-refractivity contribution < 1.29 is 9.32 Å². The van der Waals surface area contributed by atoms with Gasteiger partial charge in [-0.3, -0.25) is 0 Å². The van der Waals surface area contributed by atoms with Gasteiger partial charge in [-0.25, -0.2) is 14.8 Å². The van der Waals surface area contributed by atoms with Crippen LogP contribution in [-0.4, -0.2) is 32.6 Å². The van der Waals surface area contributed by atoms with Crippen LogP contribution >= 0.6 is 0 Å². The number of nitrogens with one attached hydrogen (secondary N) is 1. The van der Waals surface area contributed by atoms with Crippen molar-refractivity contribution >= 4 is 11.7 Å². The second-order valence-electron chi connectivity index (χ2n) is 6.72. The number of hydrogen-bond donors (Lipinski definition) is 1. The van der Waals surface area contributed by atoms with E-state index in [1.54, 1.807) is 6.20 Å². The first-order valence-electron chi connectivity index (χ1n) is 9.01. The molecule has 1 atom stereocenters. The topological polar surface area (TPSA) is 84.2 Å². The summed E-state index contributed by atoms with van der Waals surface area (Å²) >= 11 is 0. The number of aromatic nitrogens is 3. The van der Waals surface area contributed by atoms with Crippen molar-refractivity contribution in [3.63, 3.8) is 0 Å². The molecule has 0 spiro atoms. The van der Waals surface area contributed by atoms with E-state index in [2.05, 4.69) is 20.4 Å². The average molecular weight is 363 g/mol. The van der Waals surface area contributed by atoms with Crippen molar-refractivity contribution in [3.8, 4) is 11.3 Å². The fraction of sp³-hybridized carbons (Fsp3) is 0.300. The van der Waals surface area contributed by atoms with Gasteiger partial charge < -0.3 is 14.7 Å². The molecule has 4 rings (SSSR count). The fourth-order valence-corrected chi connectivity index (χ4v) is 3.41. The number of carbonyl (C=O) groups is 1. The molecule has 2 aromatic heterocycles. The van der Waals surface area contributed by atoms with Crippen LogP contribution in [0.2, 0.25) is 0 Å². The van der Waals surface area contributed by atoms with Gasteiger partial charge in [-0.15, -0.1) is 0 Å². The molecule has 7 heteroatoms. The number of aryl methyl sites for hydroxylation is 2. The van der Waals surface area contributed by atoms with E-state index in [1.807, 2.05) is 55.1 Å². The maximum Gasteiger partial charge on any atom is 0.322 e. The summed E-state index contributed by atoms with van der Waals surface area (Å²) < 4.78 is 5.38. The zero-order chi connectivity index (χ0) is 18.8.